The Morgan fingerprint density at radius 2 is 1.96 bits per heavy atom. The molecule has 0 bridgehead atoms. The van der Waals surface area contributed by atoms with Crippen LogP contribution >= 0.6 is 0 Å². The lowest BCUT2D eigenvalue weighted by molar-refractivity contribution is -0.148. The topological polar surface area (TPSA) is 68.5 Å². The van der Waals surface area contributed by atoms with E-state index in [1.807, 2.05) is 36.4 Å². The maximum atomic E-state index is 12.3. The lowest BCUT2D eigenvalue weighted by Gasteiger charge is -2.29. The summed E-state index contributed by atoms with van der Waals surface area (Å²) >= 11 is 0. The first-order chi connectivity index (χ1) is 13.6. The predicted octanol–water partition coefficient (Wildman–Crippen LogP) is 4.37. The molecule has 2 atom stereocenters. The van der Waals surface area contributed by atoms with Gasteiger partial charge < -0.3 is 14.5 Å². The van der Waals surface area contributed by atoms with Gasteiger partial charge in [-0.15, -0.1) is 0 Å². The largest absolute Gasteiger partial charge is 0.464 e. The molecule has 5 heteroatoms. The van der Waals surface area contributed by atoms with Crippen molar-refractivity contribution in [3.8, 4) is 0 Å². The molecule has 28 heavy (non-hydrogen) atoms. The second-order valence-corrected chi connectivity index (χ2v) is 7.69. The van der Waals surface area contributed by atoms with Gasteiger partial charge in [-0.1, -0.05) is 50.1 Å². The smallest absolute Gasteiger partial charge is 0.310 e. The van der Waals surface area contributed by atoms with Crippen LogP contribution in [-0.4, -0.2) is 24.5 Å². The summed E-state index contributed by atoms with van der Waals surface area (Å²) < 4.78 is 10.8. The van der Waals surface area contributed by atoms with Gasteiger partial charge in [0.1, 0.15) is 5.58 Å². The third-order valence-electron chi connectivity index (χ3n) is 5.70. The standard InChI is InChI=1S/C23H25NO4/c1-15-6-2-5-9-19(15)24-21(25)14-28-22(26)12-17-13-27-20-11-10-16-7-3-4-8-18(16)23(17)20/h3-4,7-8,10-11,13,15,19H,2,5-6,9,12,14H2,1H3,(H,24,25)/t15-,19+/m0/s1. The third-order valence-corrected chi connectivity index (χ3v) is 5.70. The van der Waals surface area contributed by atoms with Crippen molar-refractivity contribution in [3.63, 3.8) is 0 Å². The molecule has 1 saturated carbocycles. The number of carbonyl (C=O) groups is 2. The van der Waals surface area contributed by atoms with Crippen molar-refractivity contribution in [2.24, 2.45) is 5.92 Å². The van der Waals surface area contributed by atoms with Gasteiger partial charge in [0.2, 0.25) is 0 Å². The van der Waals surface area contributed by atoms with E-state index in [-0.39, 0.29) is 25.0 Å². The molecular weight excluding hydrogens is 354 g/mol. The highest BCUT2D eigenvalue weighted by atomic mass is 16.5. The van der Waals surface area contributed by atoms with E-state index in [1.54, 1.807) is 6.26 Å². The molecule has 0 saturated heterocycles. The summed E-state index contributed by atoms with van der Waals surface area (Å²) in [6.45, 7) is 1.92. The van der Waals surface area contributed by atoms with E-state index < -0.39 is 5.97 Å². The van der Waals surface area contributed by atoms with Crippen molar-refractivity contribution in [3.05, 3.63) is 48.2 Å². The molecule has 1 N–H and O–H groups in total. The molecule has 0 spiro atoms. The number of esters is 1. The number of benzene rings is 2. The molecular formula is C23H25NO4. The van der Waals surface area contributed by atoms with Crippen LogP contribution < -0.4 is 5.32 Å². The van der Waals surface area contributed by atoms with Crippen LogP contribution in [0.15, 0.2) is 47.1 Å². The fourth-order valence-corrected chi connectivity index (χ4v) is 4.14. The van der Waals surface area contributed by atoms with Gasteiger partial charge >= 0.3 is 5.97 Å². The normalized spacial score (nSPS) is 19.6. The first kappa shape index (κ1) is 18.5. The number of fused-ring (bicyclic) bond motifs is 3. The molecule has 2 aromatic carbocycles. The maximum absolute atomic E-state index is 12.3. The number of rotatable bonds is 5. The molecule has 1 fully saturated rings. The lowest BCUT2D eigenvalue weighted by atomic mass is 9.86. The SMILES string of the molecule is C[C@H]1CCCC[C@H]1NC(=O)COC(=O)Cc1coc2ccc3ccccc3c12. The molecule has 0 aliphatic heterocycles. The zero-order valence-electron chi connectivity index (χ0n) is 16.1. The van der Waals surface area contributed by atoms with Crippen molar-refractivity contribution in [1.82, 2.24) is 5.32 Å². The maximum Gasteiger partial charge on any atom is 0.310 e. The summed E-state index contributed by atoms with van der Waals surface area (Å²) in [6.07, 6.45) is 6.16. The zero-order chi connectivity index (χ0) is 19.5. The number of nitrogens with one attached hydrogen (secondary N) is 1. The van der Waals surface area contributed by atoms with Crippen LogP contribution in [0, 0.1) is 5.92 Å². The van der Waals surface area contributed by atoms with Crippen molar-refractivity contribution < 1.29 is 18.7 Å². The van der Waals surface area contributed by atoms with Gasteiger partial charge in [-0.25, -0.2) is 0 Å². The highest BCUT2D eigenvalue weighted by molar-refractivity contribution is 6.08. The summed E-state index contributed by atoms with van der Waals surface area (Å²) in [4.78, 5) is 24.5. The Labute approximate surface area is 164 Å². The fraction of sp³-hybridized carbons (Fsp3) is 0.391. The average Bonchev–Trinajstić information content (AvgIpc) is 3.11. The zero-order valence-corrected chi connectivity index (χ0v) is 16.1. The average molecular weight is 379 g/mol. The minimum Gasteiger partial charge on any atom is -0.464 e. The van der Waals surface area contributed by atoms with Gasteiger partial charge in [0.05, 0.1) is 12.7 Å². The molecule has 0 unspecified atom stereocenters. The minimum atomic E-state index is -0.428. The Hall–Kier alpha value is -2.82. The molecule has 0 radical (unpaired) electrons. The number of furan rings is 1. The van der Waals surface area contributed by atoms with E-state index in [2.05, 4.69) is 12.2 Å². The van der Waals surface area contributed by atoms with Gasteiger partial charge in [-0.2, -0.15) is 0 Å². The number of hydrogen-bond acceptors (Lipinski definition) is 4. The molecule has 3 aromatic rings. The number of amides is 1. The summed E-state index contributed by atoms with van der Waals surface area (Å²) in [5.74, 6) is -0.184. The molecule has 1 amide bonds. The number of ether oxygens (including phenoxy) is 1. The van der Waals surface area contributed by atoms with Crippen molar-refractivity contribution in [2.75, 3.05) is 6.61 Å². The summed E-state index contributed by atoms with van der Waals surface area (Å²) in [5, 5.41) is 6.06. The molecule has 1 aliphatic carbocycles. The Morgan fingerprint density at radius 1 is 1.14 bits per heavy atom. The van der Waals surface area contributed by atoms with Gasteiger partial charge in [-0.3, -0.25) is 9.59 Å². The van der Waals surface area contributed by atoms with Gasteiger partial charge in [0, 0.05) is 17.0 Å². The van der Waals surface area contributed by atoms with Gasteiger partial charge in [0.25, 0.3) is 5.91 Å². The monoisotopic (exact) mass is 379 g/mol. The Bertz CT molecular complexity index is 1010. The lowest BCUT2D eigenvalue weighted by Crippen LogP contribution is -2.42. The fourth-order valence-electron chi connectivity index (χ4n) is 4.14. The molecule has 4 rings (SSSR count). The predicted molar refractivity (Wildman–Crippen MR) is 108 cm³/mol. The van der Waals surface area contributed by atoms with E-state index in [4.69, 9.17) is 9.15 Å². The van der Waals surface area contributed by atoms with Crippen LogP contribution in [0.4, 0.5) is 0 Å². The molecule has 1 aromatic heterocycles. The van der Waals surface area contributed by atoms with Gasteiger partial charge in [-0.05, 0) is 35.6 Å². The van der Waals surface area contributed by atoms with E-state index in [9.17, 15) is 9.59 Å². The quantitative estimate of drug-likeness (QED) is 0.669. The van der Waals surface area contributed by atoms with E-state index in [0.29, 0.717) is 5.92 Å². The van der Waals surface area contributed by atoms with Crippen LogP contribution in [0.1, 0.15) is 38.2 Å². The van der Waals surface area contributed by atoms with Crippen LogP contribution in [0.5, 0.6) is 0 Å². The Kier molecular flexibility index (Phi) is 5.33. The second kappa shape index (κ2) is 8.05. The number of carbonyl (C=O) groups excluding carboxylic acids is 2. The van der Waals surface area contributed by atoms with Crippen molar-refractivity contribution >= 4 is 33.6 Å². The second-order valence-electron chi connectivity index (χ2n) is 7.69. The summed E-state index contributed by atoms with van der Waals surface area (Å²) in [5.41, 5.74) is 1.52. The molecule has 146 valence electrons. The highest BCUT2D eigenvalue weighted by Gasteiger charge is 2.23. The van der Waals surface area contributed by atoms with Gasteiger partial charge in [0.15, 0.2) is 6.61 Å². The first-order valence-electron chi connectivity index (χ1n) is 9.94. The number of hydrogen-bond donors (Lipinski definition) is 1. The van der Waals surface area contributed by atoms with Crippen LogP contribution in [0.25, 0.3) is 21.7 Å². The third kappa shape index (κ3) is 3.88. The van der Waals surface area contributed by atoms with Crippen LogP contribution in [0.2, 0.25) is 0 Å². The first-order valence-corrected chi connectivity index (χ1v) is 9.94. The Balaban J connectivity index is 1.39. The van der Waals surface area contributed by atoms with Crippen molar-refractivity contribution in [1.29, 1.82) is 0 Å². The van der Waals surface area contributed by atoms with E-state index >= 15 is 0 Å². The summed E-state index contributed by atoms with van der Waals surface area (Å²) in [6, 6.07) is 12.1. The highest BCUT2D eigenvalue weighted by Crippen LogP contribution is 2.30. The van der Waals surface area contributed by atoms with Crippen LogP contribution in [0.3, 0.4) is 0 Å². The molecule has 1 aliphatic rings. The van der Waals surface area contributed by atoms with E-state index in [0.717, 1.165) is 46.6 Å². The van der Waals surface area contributed by atoms with Crippen LogP contribution in [-0.2, 0) is 20.7 Å². The van der Waals surface area contributed by atoms with E-state index in [1.165, 1.54) is 6.42 Å². The minimum absolute atomic E-state index is 0.0775. The Morgan fingerprint density at radius 3 is 2.82 bits per heavy atom. The van der Waals surface area contributed by atoms with Crippen molar-refractivity contribution in [2.45, 2.75) is 45.1 Å². The molecule has 5 nitrogen and oxygen atoms in total. The molecule has 1 heterocycles. The summed E-state index contributed by atoms with van der Waals surface area (Å²) in [7, 11) is 0.